The number of H-pyrrole nitrogens is 1. The third-order valence-corrected chi connectivity index (χ3v) is 2.47. The first kappa shape index (κ1) is 9.05. The van der Waals surface area contributed by atoms with Crippen LogP contribution in [0.5, 0.6) is 0 Å². The van der Waals surface area contributed by atoms with Crippen molar-refractivity contribution in [2.45, 2.75) is 12.8 Å². The largest absolute Gasteiger partial charge is 0.383 e. The smallest absolute Gasteiger partial charge is 0.258 e. The molecule has 0 atom stereocenters. The van der Waals surface area contributed by atoms with Crippen LogP contribution in [0.2, 0.25) is 0 Å². The van der Waals surface area contributed by atoms with Crippen LogP contribution in [0.15, 0.2) is 6.20 Å². The number of hydrogen-bond acceptors (Lipinski definition) is 3. The molecule has 5 nitrogen and oxygen atoms in total. The maximum absolute atomic E-state index is 11.8. The molecule has 0 unspecified atom stereocenters. The molecule has 0 bridgehead atoms. The lowest BCUT2D eigenvalue weighted by molar-refractivity contribution is 0.0790. The molecule has 0 saturated heterocycles. The summed E-state index contributed by atoms with van der Waals surface area (Å²) < 4.78 is 0. The Kier molecular flexibility index (Phi) is 2.15. The number of aromatic nitrogens is 2. The Morgan fingerprint density at radius 3 is 3.00 bits per heavy atom. The highest BCUT2D eigenvalue weighted by atomic mass is 16.2. The van der Waals surface area contributed by atoms with Crippen molar-refractivity contribution in [2.24, 2.45) is 5.92 Å². The third kappa shape index (κ3) is 1.71. The van der Waals surface area contributed by atoms with Gasteiger partial charge in [0.05, 0.1) is 6.20 Å². The third-order valence-electron chi connectivity index (χ3n) is 2.47. The zero-order valence-corrected chi connectivity index (χ0v) is 8.16. The summed E-state index contributed by atoms with van der Waals surface area (Å²) in [6.45, 7) is 0.823. The van der Waals surface area contributed by atoms with Crippen molar-refractivity contribution in [1.29, 1.82) is 0 Å². The molecule has 0 spiro atoms. The van der Waals surface area contributed by atoms with E-state index in [1.54, 1.807) is 11.9 Å². The summed E-state index contributed by atoms with van der Waals surface area (Å²) in [6.07, 6.45) is 3.94. The van der Waals surface area contributed by atoms with Gasteiger partial charge in [-0.05, 0) is 18.8 Å². The number of carbonyl (C=O) groups excluding carboxylic acids is 1. The quantitative estimate of drug-likeness (QED) is 0.734. The van der Waals surface area contributed by atoms with E-state index in [0.717, 1.165) is 6.54 Å². The molecule has 1 aliphatic rings. The summed E-state index contributed by atoms with van der Waals surface area (Å²) in [5.74, 6) is 0.984. The molecular formula is C9H14N4O. The molecule has 1 aromatic rings. The molecule has 1 fully saturated rings. The molecule has 0 aliphatic heterocycles. The fourth-order valence-electron chi connectivity index (χ4n) is 1.44. The molecule has 2 rings (SSSR count). The monoisotopic (exact) mass is 194 g/mol. The van der Waals surface area contributed by atoms with E-state index in [0.29, 0.717) is 17.3 Å². The van der Waals surface area contributed by atoms with Crippen molar-refractivity contribution in [2.75, 3.05) is 19.3 Å². The standard InChI is InChI=1S/C9H14N4O/c1-13(5-6-2-3-6)9(14)7-4-11-12-8(7)10/h4,6H,2-3,5H2,1H3,(H3,10,11,12). The summed E-state index contributed by atoms with van der Waals surface area (Å²) in [5, 5.41) is 6.28. The van der Waals surface area contributed by atoms with E-state index >= 15 is 0 Å². The maximum Gasteiger partial charge on any atom is 0.258 e. The van der Waals surface area contributed by atoms with Gasteiger partial charge in [-0.25, -0.2) is 0 Å². The minimum atomic E-state index is -0.0526. The number of nitrogens with zero attached hydrogens (tertiary/aromatic N) is 2. The predicted molar refractivity (Wildman–Crippen MR) is 52.7 cm³/mol. The summed E-state index contributed by atoms with van der Waals surface area (Å²) in [4.78, 5) is 13.5. The van der Waals surface area contributed by atoms with Gasteiger partial charge in [0.1, 0.15) is 11.4 Å². The molecule has 1 aromatic heterocycles. The van der Waals surface area contributed by atoms with E-state index in [-0.39, 0.29) is 5.91 Å². The lowest BCUT2D eigenvalue weighted by Gasteiger charge is -2.15. The van der Waals surface area contributed by atoms with E-state index < -0.39 is 0 Å². The normalized spacial score (nSPS) is 15.5. The second-order valence-corrected chi connectivity index (χ2v) is 3.83. The first-order valence-electron chi connectivity index (χ1n) is 4.73. The fourth-order valence-corrected chi connectivity index (χ4v) is 1.44. The van der Waals surface area contributed by atoms with E-state index in [1.165, 1.54) is 19.0 Å². The van der Waals surface area contributed by atoms with Gasteiger partial charge in [-0.3, -0.25) is 9.89 Å². The molecule has 76 valence electrons. The first-order valence-corrected chi connectivity index (χ1v) is 4.73. The van der Waals surface area contributed by atoms with Crippen molar-refractivity contribution in [3.05, 3.63) is 11.8 Å². The van der Waals surface area contributed by atoms with E-state index in [2.05, 4.69) is 10.2 Å². The molecule has 1 amide bonds. The van der Waals surface area contributed by atoms with Gasteiger partial charge >= 0.3 is 0 Å². The number of nitrogens with two attached hydrogens (primary N) is 1. The number of anilines is 1. The Hall–Kier alpha value is -1.52. The highest BCUT2D eigenvalue weighted by Crippen LogP contribution is 2.29. The van der Waals surface area contributed by atoms with Crippen molar-refractivity contribution in [1.82, 2.24) is 15.1 Å². The maximum atomic E-state index is 11.8. The van der Waals surface area contributed by atoms with Crippen LogP contribution in [-0.2, 0) is 0 Å². The van der Waals surface area contributed by atoms with Crippen molar-refractivity contribution in [3.63, 3.8) is 0 Å². The van der Waals surface area contributed by atoms with Crippen molar-refractivity contribution in [3.8, 4) is 0 Å². The van der Waals surface area contributed by atoms with E-state index in [4.69, 9.17) is 5.73 Å². The van der Waals surface area contributed by atoms with Gasteiger partial charge < -0.3 is 10.6 Å². The minimum absolute atomic E-state index is 0.0526. The number of carbonyl (C=O) groups is 1. The van der Waals surface area contributed by atoms with Gasteiger partial charge in [-0.15, -0.1) is 0 Å². The van der Waals surface area contributed by atoms with Crippen LogP contribution in [0.1, 0.15) is 23.2 Å². The average Bonchev–Trinajstić information content (AvgIpc) is 2.86. The molecule has 1 saturated carbocycles. The van der Waals surface area contributed by atoms with Crippen LogP contribution in [0.25, 0.3) is 0 Å². The number of nitrogen functional groups attached to an aromatic ring is 1. The van der Waals surface area contributed by atoms with Gasteiger partial charge in [-0.1, -0.05) is 0 Å². The summed E-state index contributed by atoms with van der Waals surface area (Å²) >= 11 is 0. The molecule has 3 N–H and O–H groups in total. The van der Waals surface area contributed by atoms with Crippen LogP contribution in [0, 0.1) is 5.92 Å². The van der Waals surface area contributed by atoms with Crippen LogP contribution < -0.4 is 5.73 Å². The van der Waals surface area contributed by atoms with Gasteiger partial charge in [0.2, 0.25) is 0 Å². The Labute approximate surface area is 82.3 Å². The Morgan fingerprint density at radius 2 is 2.50 bits per heavy atom. The van der Waals surface area contributed by atoms with E-state index in [9.17, 15) is 4.79 Å². The first-order chi connectivity index (χ1) is 6.68. The average molecular weight is 194 g/mol. The van der Waals surface area contributed by atoms with Gasteiger partial charge in [-0.2, -0.15) is 5.10 Å². The summed E-state index contributed by atoms with van der Waals surface area (Å²) in [7, 11) is 1.80. The van der Waals surface area contributed by atoms with Crippen molar-refractivity contribution >= 4 is 11.7 Å². The molecule has 5 heteroatoms. The molecule has 0 radical (unpaired) electrons. The Bertz CT molecular complexity index is 342. The molecule has 1 aliphatic carbocycles. The number of hydrogen-bond donors (Lipinski definition) is 2. The Balaban J connectivity index is 2.03. The predicted octanol–water partition coefficient (Wildman–Crippen LogP) is 0.474. The van der Waals surface area contributed by atoms with Crippen LogP contribution in [0.4, 0.5) is 5.82 Å². The number of nitrogens with one attached hydrogen (secondary N) is 1. The highest BCUT2D eigenvalue weighted by Gasteiger charge is 2.26. The molecule has 1 heterocycles. The summed E-state index contributed by atoms with van der Waals surface area (Å²) in [6, 6.07) is 0. The zero-order chi connectivity index (χ0) is 10.1. The van der Waals surface area contributed by atoms with Crippen LogP contribution in [-0.4, -0.2) is 34.6 Å². The second kappa shape index (κ2) is 3.32. The van der Waals surface area contributed by atoms with Crippen LogP contribution >= 0.6 is 0 Å². The van der Waals surface area contributed by atoms with Crippen LogP contribution in [0.3, 0.4) is 0 Å². The van der Waals surface area contributed by atoms with Gasteiger partial charge in [0, 0.05) is 13.6 Å². The summed E-state index contributed by atoms with van der Waals surface area (Å²) in [5.41, 5.74) is 6.03. The van der Waals surface area contributed by atoms with Crippen molar-refractivity contribution < 1.29 is 4.79 Å². The van der Waals surface area contributed by atoms with Gasteiger partial charge in [0.15, 0.2) is 0 Å². The second-order valence-electron chi connectivity index (χ2n) is 3.83. The lowest BCUT2D eigenvalue weighted by Crippen LogP contribution is -2.29. The number of amides is 1. The Morgan fingerprint density at radius 1 is 1.79 bits per heavy atom. The SMILES string of the molecule is CN(CC1CC1)C(=O)c1cn[nH]c1N. The highest BCUT2D eigenvalue weighted by molar-refractivity contribution is 5.97. The fraction of sp³-hybridized carbons (Fsp3) is 0.556. The van der Waals surface area contributed by atoms with E-state index in [1.807, 2.05) is 0 Å². The zero-order valence-electron chi connectivity index (χ0n) is 8.16. The lowest BCUT2D eigenvalue weighted by atomic mass is 10.2. The molecular weight excluding hydrogens is 180 g/mol. The minimum Gasteiger partial charge on any atom is -0.383 e. The topological polar surface area (TPSA) is 75.0 Å². The molecule has 14 heavy (non-hydrogen) atoms. The van der Waals surface area contributed by atoms with Gasteiger partial charge in [0.25, 0.3) is 5.91 Å². The molecule has 0 aromatic carbocycles. The number of rotatable bonds is 3. The number of aromatic amines is 1.